The third-order valence-electron chi connectivity index (χ3n) is 5.80. The lowest BCUT2D eigenvalue weighted by Gasteiger charge is -2.19. The van der Waals surface area contributed by atoms with Gasteiger partial charge in [-0.3, -0.25) is 14.5 Å². The molecule has 0 spiro atoms. The monoisotopic (exact) mass is 438 g/mol. The van der Waals surface area contributed by atoms with E-state index in [1.54, 1.807) is 19.0 Å². The maximum atomic E-state index is 11.9. The van der Waals surface area contributed by atoms with E-state index in [9.17, 15) is 9.59 Å². The van der Waals surface area contributed by atoms with Gasteiger partial charge in [-0.2, -0.15) is 0 Å². The summed E-state index contributed by atoms with van der Waals surface area (Å²) in [7, 11) is 3.57. The number of likely N-dealkylation sites (N-methyl/N-ethyl adjacent to an activating group) is 1. The van der Waals surface area contributed by atoms with Crippen LogP contribution in [0, 0.1) is 0 Å². The third kappa shape index (κ3) is 20.3. The fraction of sp³-hybridized carbons (Fsp3) is 0.846. The summed E-state index contributed by atoms with van der Waals surface area (Å²) >= 11 is 0. The molecule has 0 aromatic carbocycles. The zero-order valence-corrected chi connectivity index (χ0v) is 20.7. The van der Waals surface area contributed by atoms with Gasteiger partial charge in [0.1, 0.15) is 6.04 Å². The molecule has 1 amide bonds. The normalized spacial score (nSPS) is 12.5. The van der Waals surface area contributed by atoms with E-state index in [2.05, 4.69) is 24.4 Å². The second-order valence-corrected chi connectivity index (χ2v) is 9.00. The second kappa shape index (κ2) is 21.9. The van der Waals surface area contributed by atoms with Gasteiger partial charge in [0.25, 0.3) is 0 Å². The smallest absolute Gasteiger partial charge is 0.320 e. The average Bonchev–Trinajstić information content (AvgIpc) is 2.72. The molecule has 0 aliphatic carbocycles. The lowest BCUT2D eigenvalue weighted by atomic mass is 10.1. The van der Waals surface area contributed by atoms with Gasteiger partial charge in [0.05, 0.1) is 0 Å². The topological polar surface area (TPSA) is 69.6 Å². The summed E-state index contributed by atoms with van der Waals surface area (Å²) in [4.78, 5) is 24.7. The molecule has 0 unspecified atom stereocenters. The van der Waals surface area contributed by atoms with Crippen LogP contribution in [0.4, 0.5) is 0 Å². The molecule has 0 saturated carbocycles. The van der Waals surface area contributed by atoms with E-state index in [-0.39, 0.29) is 5.91 Å². The van der Waals surface area contributed by atoms with E-state index in [1.165, 1.54) is 70.6 Å². The molecule has 0 aliphatic rings. The standard InChI is InChI=1S/C26H50N2O3/c1-4-5-6-7-8-9-10-11-12-13-14-15-16-17-18-22-25(29)27-23-20-19-21-24(26(30)31)28(2)3/h8-9,24H,4-7,10-23H2,1-3H3,(H,27,29)(H,30,31)/b9-8+/t24-/m0/s1. The van der Waals surface area contributed by atoms with Gasteiger partial charge < -0.3 is 10.4 Å². The van der Waals surface area contributed by atoms with Gasteiger partial charge in [0, 0.05) is 13.0 Å². The molecule has 0 aliphatic heterocycles. The molecule has 5 nitrogen and oxygen atoms in total. The van der Waals surface area contributed by atoms with Crippen LogP contribution in [0.25, 0.3) is 0 Å². The van der Waals surface area contributed by atoms with Crippen LogP contribution in [0.3, 0.4) is 0 Å². The molecule has 0 radical (unpaired) electrons. The van der Waals surface area contributed by atoms with Gasteiger partial charge in [-0.05, 0) is 65.5 Å². The minimum absolute atomic E-state index is 0.130. The van der Waals surface area contributed by atoms with E-state index in [1.807, 2.05) is 0 Å². The van der Waals surface area contributed by atoms with Crippen LogP contribution in [0.1, 0.15) is 116 Å². The van der Waals surface area contributed by atoms with Crippen LogP contribution in [0.5, 0.6) is 0 Å². The number of allylic oxidation sites excluding steroid dienone is 2. The fourth-order valence-electron chi connectivity index (χ4n) is 3.74. The van der Waals surface area contributed by atoms with Crippen LogP contribution in [0.15, 0.2) is 12.2 Å². The molecule has 0 bridgehead atoms. The minimum atomic E-state index is -0.778. The fourth-order valence-corrected chi connectivity index (χ4v) is 3.74. The second-order valence-electron chi connectivity index (χ2n) is 9.00. The number of nitrogens with one attached hydrogen (secondary N) is 1. The molecule has 5 heteroatoms. The van der Waals surface area contributed by atoms with Crippen molar-refractivity contribution in [2.75, 3.05) is 20.6 Å². The van der Waals surface area contributed by atoms with Crippen LogP contribution in [-0.2, 0) is 9.59 Å². The Morgan fingerprint density at radius 3 is 1.90 bits per heavy atom. The number of unbranched alkanes of at least 4 members (excludes halogenated alkanes) is 12. The van der Waals surface area contributed by atoms with Crippen molar-refractivity contribution in [1.29, 1.82) is 0 Å². The molecule has 182 valence electrons. The maximum Gasteiger partial charge on any atom is 0.320 e. The Bertz CT molecular complexity index is 464. The number of carboxylic acid groups (broad SMARTS) is 1. The Labute approximate surface area is 192 Å². The Balaban J connectivity index is 3.37. The lowest BCUT2D eigenvalue weighted by molar-refractivity contribution is -0.142. The molecule has 0 saturated heterocycles. The molecule has 31 heavy (non-hydrogen) atoms. The molecular weight excluding hydrogens is 388 g/mol. The number of carboxylic acids is 1. The molecule has 0 aromatic heterocycles. The highest BCUT2D eigenvalue weighted by molar-refractivity contribution is 5.75. The summed E-state index contributed by atoms with van der Waals surface area (Å²) in [5.74, 6) is -0.649. The molecule has 0 fully saturated rings. The summed E-state index contributed by atoms with van der Waals surface area (Å²) < 4.78 is 0. The first kappa shape index (κ1) is 29.6. The van der Waals surface area contributed by atoms with Crippen molar-refractivity contribution in [3.8, 4) is 0 Å². The van der Waals surface area contributed by atoms with E-state index in [0.29, 0.717) is 19.4 Å². The van der Waals surface area contributed by atoms with Crippen molar-refractivity contribution >= 4 is 11.9 Å². The number of carbonyl (C=O) groups is 2. The highest BCUT2D eigenvalue weighted by Crippen LogP contribution is 2.11. The first-order valence-corrected chi connectivity index (χ1v) is 12.8. The number of amides is 1. The zero-order chi connectivity index (χ0) is 23.2. The first-order chi connectivity index (χ1) is 15.0. The van der Waals surface area contributed by atoms with Crippen molar-refractivity contribution in [3.63, 3.8) is 0 Å². The average molecular weight is 439 g/mol. The van der Waals surface area contributed by atoms with Crippen molar-refractivity contribution < 1.29 is 14.7 Å². The predicted octanol–water partition coefficient (Wildman–Crippen LogP) is 6.33. The zero-order valence-electron chi connectivity index (χ0n) is 20.7. The Hall–Kier alpha value is -1.36. The van der Waals surface area contributed by atoms with E-state index in [0.717, 1.165) is 25.7 Å². The Morgan fingerprint density at radius 1 is 0.806 bits per heavy atom. The Morgan fingerprint density at radius 2 is 1.35 bits per heavy atom. The van der Waals surface area contributed by atoms with Gasteiger partial charge in [0.15, 0.2) is 0 Å². The quantitative estimate of drug-likeness (QED) is 0.153. The van der Waals surface area contributed by atoms with Gasteiger partial charge >= 0.3 is 5.97 Å². The summed E-state index contributed by atoms with van der Waals surface area (Å²) in [5.41, 5.74) is 0. The molecule has 0 aromatic rings. The van der Waals surface area contributed by atoms with Crippen LogP contribution >= 0.6 is 0 Å². The first-order valence-electron chi connectivity index (χ1n) is 12.8. The summed E-state index contributed by atoms with van der Waals surface area (Å²) in [6.45, 7) is 2.89. The maximum absolute atomic E-state index is 11.9. The van der Waals surface area contributed by atoms with Crippen molar-refractivity contribution in [2.24, 2.45) is 0 Å². The molecule has 1 atom stereocenters. The Kier molecular flexibility index (Phi) is 20.9. The largest absolute Gasteiger partial charge is 0.480 e. The summed E-state index contributed by atoms with van der Waals surface area (Å²) in [5, 5.41) is 12.1. The van der Waals surface area contributed by atoms with Gasteiger partial charge in [-0.25, -0.2) is 0 Å². The molecule has 0 rings (SSSR count). The minimum Gasteiger partial charge on any atom is -0.480 e. The van der Waals surface area contributed by atoms with E-state index < -0.39 is 12.0 Å². The number of rotatable bonds is 22. The van der Waals surface area contributed by atoms with Crippen LogP contribution in [0.2, 0.25) is 0 Å². The van der Waals surface area contributed by atoms with Crippen LogP contribution < -0.4 is 5.32 Å². The van der Waals surface area contributed by atoms with Crippen molar-refractivity contribution in [2.45, 2.75) is 122 Å². The molecule has 2 N–H and O–H groups in total. The number of nitrogens with zero attached hydrogens (tertiary/aromatic N) is 1. The van der Waals surface area contributed by atoms with E-state index >= 15 is 0 Å². The van der Waals surface area contributed by atoms with Gasteiger partial charge in [-0.1, -0.05) is 70.4 Å². The highest BCUT2D eigenvalue weighted by atomic mass is 16.4. The molecule has 0 heterocycles. The van der Waals surface area contributed by atoms with Crippen molar-refractivity contribution in [3.05, 3.63) is 12.2 Å². The van der Waals surface area contributed by atoms with Gasteiger partial charge in [0.2, 0.25) is 5.91 Å². The lowest BCUT2D eigenvalue weighted by Crippen LogP contribution is -2.35. The predicted molar refractivity (Wildman–Crippen MR) is 131 cm³/mol. The third-order valence-corrected chi connectivity index (χ3v) is 5.80. The number of carbonyl (C=O) groups excluding carboxylic acids is 1. The SMILES string of the molecule is CCCCC/C=C/CCCCCCCCCCC(=O)NCCCC[C@@H](C(=O)O)N(C)C. The van der Waals surface area contributed by atoms with Crippen LogP contribution in [-0.4, -0.2) is 48.6 Å². The number of hydrogen-bond donors (Lipinski definition) is 2. The highest BCUT2D eigenvalue weighted by Gasteiger charge is 2.18. The molecular formula is C26H50N2O3. The number of hydrogen-bond acceptors (Lipinski definition) is 3. The summed E-state index contributed by atoms with van der Waals surface area (Å²) in [6, 6.07) is -0.437. The summed E-state index contributed by atoms with van der Waals surface area (Å²) in [6.07, 6.45) is 24.0. The number of aliphatic carboxylic acids is 1. The van der Waals surface area contributed by atoms with Crippen molar-refractivity contribution in [1.82, 2.24) is 10.2 Å². The van der Waals surface area contributed by atoms with Gasteiger partial charge in [-0.15, -0.1) is 0 Å². The van der Waals surface area contributed by atoms with E-state index in [4.69, 9.17) is 5.11 Å².